The summed E-state index contributed by atoms with van der Waals surface area (Å²) in [5, 5.41) is 3.88. The smallest absolute Gasteiger partial charge is 0.313 e. The molecule has 0 atom stereocenters. The number of hydrogen-bond donors (Lipinski definition) is 0. The molecular formula is C18H14F3NO2. The molecule has 1 aliphatic carbocycles. The first-order valence-electron chi connectivity index (χ1n) is 7.49. The van der Waals surface area contributed by atoms with E-state index in [2.05, 4.69) is 5.16 Å². The predicted octanol–water partition coefficient (Wildman–Crippen LogP) is 4.60. The van der Waals surface area contributed by atoms with E-state index in [9.17, 15) is 18.0 Å². The molecule has 24 heavy (non-hydrogen) atoms. The second-order valence-corrected chi connectivity index (χ2v) is 5.51. The van der Waals surface area contributed by atoms with Gasteiger partial charge in [0.1, 0.15) is 0 Å². The van der Waals surface area contributed by atoms with Crippen molar-refractivity contribution in [3.05, 3.63) is 70.8 Å². The molecule has 0 aromatic heterocycles. The van der Waals surface area contributed by atoms with Crippen LogP contribution in [0, 0.1) is 0 Å². The van der Waals surface area contributed by atoms with Crippen LogP contribution in [0.1, 0.15) is 39.9 Å². The van der Waals surface area contributed by atoms with Gasteiger partial charge in [0.05, 0.1) is 16.8 Å². The van der Waals surface area contributed by atoms with Crippen molar-refractivity contribution in [1.82, 2.24) is 0 Å². The average molecular weight is 333 g/mol. The summed E-state index contributed by atoms with van der Waals surface area (Å²) >= 11 is 0. The van der Waals surface area contributed by atoms with E-state index in [0.717, 1.165) is 36.1 Å². The van der Waals surface area contributed by atoms with Crippen LogP contribution >= 0.6 is 0 Å². The lowest BCUT2D eigenvalue weighted by molar-refractivity contribution is -0.137. The number of carbonyl (C=O) groups is 1. The summed E-state index contributed by atoms with van der Waals surface area (Å²) < 4.78 is 38.1. The SMILES string of the molecule is O=C(O/N=C1\CCCc2ccccc21)c1cccc(C(F)(F)F)c1. The highest BCUT2D eigenvalue weighted by atomic mass is 19.4. The van der Waals surface area contributed by atoms with Gasteiger partial charge >= 0.3 is 12.1 Å². The Morgan fingerprint density at radius 3 is 2.62 bits per heavy atom. The van der Waals surface area contributed by atoms with Crippen LogP contribution in [-0.2, 0) is 17.4 Å². The molecule has 2 aromatic carbocycles. The zero-order chi connectivity index (χ0) is 17.2. The summed E-state index contributed by atoms with van der Waals surface area (Å²) in [5.41, 5.74) is 1.60. The molecule has 6 heteroatoms. The van der Waals surface area contributed by atoms with Crippen LogP contribution in [0.15, 0.2) is 53.7 Å². The molecule has 0 saturated carbocycles. The average Bonchev–Trinajstić information content (AvgIpc) is 2.59. The third-order valence-corrected chi connectivity index (χ3v) is 3.85. The first kappa shape index (κ1) is 16.2. The van der Waals surface area contributed by atoms with Crippen LogP contribution in [0.3, 0.4) is 0 Å². The lowest BCUT2D eigenvalue weighted by atomic mass is 9.90. The van der Waals surface area contributed by atoms with Crippen molar-refractivity contribution in [2.75, 3.05) is 0 Å². The highest BCUT2D eigenvalue weighted by Gasteiger charge is 2.31. The summed E-state index contributed by atoms with van der Waals surface area (Å²) in [6, 6.07) is 11.8. The van der Waals surface area contributed by atoms with Gasteiger partial charge in [0.2, 0.25) is 0 Å². The van der Waals surface area contributed by atoms with Crippen molar-refractivity contribution in [2.45, 2.75) is 25.4 Å². The highest BCUT2D eigenvalue weighted by Crippen LogP contribution is 2.29. The lowest BCUT2D eigenvalue weighted by Gasteiger charge is -2.16. The van der Waals surface area contributed by atoms with Crippen LogP contribution in [0.2, 0.25) is 0 Å². The van der Waals surface area contributed by atoms with Gasteiger partial charge in [-0.3, -0.25) is 0 Å². The lowest BCUT2D eigenvalue weighted by Crippen LogP contribution is -2.13. The predicted molar refractivity (Wildman–Crippen MR) is 82.8 cm³/mol. The number of halogens is 3. The van der Waals surface area contributed by atoms with Crippen molar-refractivity contribution >= 4 is 11.7 Å². The third kappa shape index (κ3) is 3.48. The number of benzene rings is 2. The van der Waals surface area contributed by atoms with Gasteiger partial charge in [-0.25, -0.2) is 4.79 Å². The number of aryl methyl sites for hydroxylation is 1. The first-order valence-corrected chi connectivity index (χ1v) is 7.49. The van der Waals surface area contributed by atoms with Crippen LogP contribution in [-0.4, -0.2) is 11.7 Å². The Labute approximate surface area is 136 Å². The van der Waals surface area contributed by atoms with E-state index in [1.807, 2.05) is 24.3 Å². The number of hydrogen-bond acceptors (Lipinski definition) is 3. The Kier molecular flexibility index (Phi) is 4.38. The molecule has 2 aromatic rings. The third-order valence-electron chi connectivity index (χ3n) is 3.85. The second-order valence-electron chi connectivity index (χ2n) is 5.51. The zero-order valence-corrected chi connectivity index (χ0v) is 12.6. The largest absolute Gasteiger partial charge is 0.416 e. The number of nitrogens with zero attached hydrogens (tertiary/aromatic N) is 1. The minimum Gasteiger partial charge on any atom is -0.313 e. The van der Waals surface area contributed by atoms with E-state index >= 15 is 0 Å². The molecule has 3 nitrogen and oxygen atoms in total. The van der Waals surface area contributed by atoms with Crippen LogP contribution in [0.25, 0.3) is 0 Å². The van der Waals surface area contributed by atoms with Gasteiger partial charge in [-0.1, -0.05) is 35.5 Å². The number of oxime groups is 1. The van der Waals surface area contributed by atoms with Crippen LogP contribution < -0.4 is 0 Å². The molecule has 3 rings (SSSR count). The first-order chi connectivity index (χ1) is 11.4. The summed E-state index contributed by atoms with van der Waals surface area (Å²) in [6.07, 6.45) is -2.04. The van der Waals surface area contributed by atoms with Crippen molar-refractivity contribution in [2.24, 2.45) is 5.16 Å². The van der Waals surface area contributed by atoms with Gasteiger partial charge in [0.15, 0.2) is 0 Å². The standard InChI is InChI=1S/C18H14F3NO2/c19-18(20,21)14-8-3-7-13(11-14)17(23)24-22-16-10-4-6-12-5-1-2-9-15(12)16/h1-3,5,7-9,11H,4,6,10H2/b22-16+. The molecule has 0 heterocycles. The summed E-state index contributed by atoms with van der Waals surface area (Å²) in [7, 11) is 0. The molecule has 0 N–H and O–H groups in total. The van der Waals surface area contributed by atoms with E-state index in [1.165, 1.54) is 12.1 Å². The monoisotopic (exact) mass is 333 g/mol. The molecule has 0 fully saturated rings. The highest BCUT2D eigenvalue weighted by molar-refractivity contribution is 6.03. The molecule has 0 amide bonds. The number of alkyl halides is 3. The van der Waals surface area contributed by atoms with E-state index in [4.69, 9.17) is 4.84 Å². The normalized spacial score (nSPS) is 15.9. The zero-order valence-electron chi connectivity index (χ0n) is 12.6. The molecule has 0 aliphatic heterocycles. The summed E-state index contributed by atoms with van der Waals surface area (Å²) in [5.74, 6) is -0.906. The maximum absolute atomic E-state index is 12.7. The van der Waals surface area contributed by atoms with Crippen LogP contribution in [0.4, 0.5) is 13.2 Å². The fourth-order valence-corrected chi connectivity index (χ4v) is 2.67. The minimum absolute atomic E-state index is 0.182. The molecule has 0 spiro atoms. The van der Waals surface area contributed by atoms with Crippen molar-refractivity contribution in [1.29, 1.82) is 0 Å². The van der Waals surface area contributed by atoms with E-state index in [1.54, 1.807) is 0 Å². The Morgan fingerprint density at radius 2 is 1.83 bits per heavy atom. The van der Waals surface area contributed by atoms with Gasteiger partial charge in [0.25, 0.3) is 0 Å². The van der Waals surface area contributed by atoms with E-state index in [0.29, 0.717) is 12.1 Å². The molecular weight excluding hydrogens is 319 g/mol. The number of rotatable bonds is 2. The Hall–Kier alpha value is -2.63. The van der Waals surface area contributed by atoms with Gasteiger partial charge < -0.3 is 4.84 Å². The molecule has 124 valence electrons. The molecule has 0 bridgehead atoms. The van der Waals surface area contributed by atoms with Crippen molar-refractivity contribution in [3.63, 3.8) is 0 Å². The summed E-state index contributed by atoms with van der Waals surface area (Å²) in [4.78, 5) is 16.9. The van der Waals surface area contributed by atoms with Gasteiger partial charge in [-0.2, -0.15) is 13.2 Å². The topological polar surface area (TPSA) is 38.7 Å². The van der Waals surface area contributed by atoms with E-state index < -0.39 is 17.7 Å². The van der Waals surface area contributed by atoms with Crippen molar-refractivity contribution < 1.29 is 22.8 Å². The maximum Gasteiger partial charge on any atom is 0.416 e. The molecule has 1 aliphatic rings. The van der Waals surface area contributed by atoms with Crippen molar-refractivity contribution in [3.8, 4) is 0 Å². The molecule has 0 saturated heterocycles. The summed E-state index contributed by atoms with van der Waals surface area (Å²) in [6.45, 7) is 0. The van der Waals surface area contributed by atoms with Crippen LogP contribution in [0.5, 0.6) is 0 Å². The Morgan fingerprint density at radius 1 is 1.04 bits per heavy atom. The Balaban J connectivity index is 1.79. The van der Waals surface area contributed by atoms with Gasteiger partial charge in [0, 0.05) is 5.56 Å². The van der Waals surface area contributed by atoms with E-state index in [-0.39, 0.29) is 5.56 Å². The fourth-order valence-electron chi connectivity index (χ4n) is 2.67. The minimum atomic E-state index is -4.51. The van der Waals surface area contributed by atoms with Gasteiger partial charge in [-0.05, 0) is 43.0 Å². The molecule has 0 radical (unpaired) electrons. The number of carbonyl (C=O) groups excluding carboxylic acids is 1. The quantitative estimate of drug-likeness (QED) is 0.595. The second kappa shape index (κ2) is 6.47. The van der Waals surface area contributed by atoms with Gasteiger partial charge in [-0.15, -0.1) is 0 Å². The fraction of sp³-hybridized carbons (Fsp3) is 0.222. The molecule has 0 unspecified atom stereocenters. The number of fused-ring (bicyclic) bond motifs is 1. The Bertz CT molecular complexity index is 797. The maximum atomic E-state index is 12.7.